The van der Waals surface area contributed by atoms with Gasteiger partial charge in [0.2, 0.25) is 0 Å². The number of nitrogen functional groups attached to an aromatic ring is 1. The van der Waals surface area contributed by atoms with Crippen LogP contribution in [0.5, 0.6) is 0 Å². The van der Waals surface area contributed by atoms with Gasteiger partial charge in [0.15, 0.2) is 0 Å². The number of anilines is 1. The Hall–Kier alpha value is -1.11. The first-order chi connectivity index (χ1) is 10.5. The van der Waals surface area contributed by atoms with Gasteiger partial charge < -0.3 is 5.73 Å². The lowest BCUT2D eigenvalue weighted by Crippen LogP contribution is -2.46. The Morgan fingerprint density at radius 1 is 1.23 bits per heavy atom. The Kier molecular flexibility index (Phi) is 4.43. The van der Waals surface area contributed by atoms with Crippen LogP contribution in [0.4, 0.5) is 5.69 Å². The Bertz CT molecular complexity index is 637. The van der Waals surface area contributed by atoms with E-state index in [1.54, 1.807) is 4.31 Å². The highest BCUT2D eigenvalue weighted by Gasteiger charge is 2.30. The molecular formula is C16H25N3O2S. The van der Waals surface area contributed by atoms with Gasteiger partial charge in [0, 0.05) is 24.8 Å². The molecule has 1 atom stereocenters. The predicted molar refractivity (Wildman–Crippen MR) is 88.6 cm³/mol. The van der Waals surface area contributed by atoms with Crippen LogP contribution < -0.4 is 10.5 Å². The molecule has 2 aliphatic rings. The number of hydrogen-bond donors (Lipinski definition) is 2. The van der Waals surface area contributed by atoms with Crippen LogP contribution in [0.15, 0.2) is 18.2 Å². The Morgan fingerprint density at radius 3 is 2.68 bits per heavy atom. The molecule has 1 aromatic carbocycles. The molecule has 1 aliphatic carbocycles. The van der Waals surface area contributed by atoms with Gasteiger partial charge in [-0.3, -0.25) is 0 Å². The first kappa shape index (κ1) is 15.8. The highest BCUT2D eigenvalue weighted by molar-refractivity contribution is 7.87. The van der Waals surface area contributed by atoms with Gasteiger partial charge in [-0.25, -0.2) is 0 Å². The molecule has 22 heavy (non-hydrogen) atoms. The van der Waals surface area contributed by atoms with Crippen LogP contribution in [0, 0.1) is 5.92 Å². The van der Waals surface area contributed by atoms with Crippen molar-refractivity contribution < 1.29 is 8.42 Å². The van der Waals surface area contributed by atoms with Gasteiger partial charge in [-0.1, -0.05) is 13.0 Å². The van der Waals surface area contributed by atoms with E-state index in [-0.39, 0.29) is 6.04 Å². The lowest BCUT2D eigenvalue weighted by atomic mass is 9.88. The van der Waals surface area contributed by atoms with Crippen LogP contribution in [0.2, 0.25) is 0 Å². The molecule has 0 spiro atoms. The summed E-state index contributed by atoms with van der Waals surface area (Å²) in [6, 6.07) is 5.66. The summed E-state index contributed by atoms with van der Waals surface area (Å²) in [5.41, 5.74) is 8.83. The summed E-state index contributed by atoms with van der Waals surface area (Å²) in [6.45, 7) is 3.43. The zero-order valence-electron chi connectivity index (χ0n) is 13.1. The fourth-order valence-electron chi connectivity index (χ4n) is 3.44. The van der Waals surface area contributed by atoms with Crippen LogP contribution in [-0.4, -0.2) is 25.8 Å². The number of nitrogens with one attached hydrogen (secondary N) is 1. The van der Waals surface area contributed by atoms with Crippen molar-refractivity contribution in [3.8, 4) is 0 Å². The molecule has 1 saturated heterocycles. The van der Waals surface area contributed by atoms with Crippen molar-refractivity contribution in [3.63, 3.8) is 0 Å². The molecule has 1 fully saturated rings. The number of rotatable bonds is 3. The van der Waals surface area contributed by atoms with Gasteiger partial charge in [-0.15, -0.1) is 0 Å². The number of piperidine rings is 1. The van der Waals surface area contributed by atoms with E-state index in [4.69, 9.17) is 5.73 Å². The molecule has 122 valence electrons. The number of hydrogen-bond acceptors (Lipinski definition) is 3. The molecule has 1 aromatic rings. The number of benzene rings is 1. The van der Waals surface area contributed by atoms with Gasteiger partial charge in [0.05, 0.1) is 0 Å². The van der Waals surface area contributed by atoms with E-state index in [0.29, 0.717) is 19.0 Å². The maximum atomic E-state index is 12.6. The van der Waals surface area contributed by atoms with Crippen LogP contribution in [0.1, 0.15) is 49.8 Å². The lowest BCUT2D eigenvalue weighted by molar-refractivity contribution is 0.282. The molecule has 5 nitrogen and oxygen atoms in total. The Balaban J connectivity index is 1.76. The van der Waals surface area contributed by atoms with Gasteiger partial charge in [-0.2, -0.15) is 17.4 Å². The molecular weight excluding hydrogens is 298 g/mol. The minimum atomic E-state index is -3.41. The standard InChI is InChI=1S/C16H25N3O2S/c1-12-7-9-19(10-8-12)22(20,21)18-16-4-2-3-13-11-14(17)5-6-15(13)16/h5-6,11-12,16,18H,2-4,7-10,17H2,1H3. The largest absolute Gasteiger partial charge is 0.399 e. The fourth-order valence-corrected chi connectivity index (χ4v) is 4.88. The quantitative estimate of drug-likeness (QED) is 0.838. The Labute approximate surface area is 133 Å². The van der Waals surface area contributed by atoms with Crippen molar-refractivity contribution in [2.24, 2.45) is 5.92 Å². The zero-order chi connectivity index (χ0) is 15.7. The van der Waals surface area contributed by atoms with E-state index in [2.05, 4.69) is 11.6 Å². The second kappa shape index (κ2) is 6.18. The maximum Gasteiger partial charge on any atom is 0.280 e. The first-order valence-corrected chi connectivity index (χ1v) is 9.55. The third kappa shape index (κ3) is 3.29. The van der Waals surface area contributed by atoms with E-state index in [9.17, 15) is 8.42 Å². The molecule has 0 bridgehead atoms. The number of aryl methyl sites for hydroxylation is 1. The van der Waals surface area contributed by atoms with Gasteiger partial charge in [0.1, 0.15) is 0 Å². The van der Waals surface area contributed by atoms with Gasteiger partial charge in [0.25, 0.3) is 10.2 Å². The predicted octanol–water partition coefficient (Wildman–Crippen LogP) is 2.21. The minimum absolute atomic E-state index is 0.131. The van der Waals surface area contributed by atoms with E-state index in [0.717, 1.165) is 43.4 Å². The second-order valence-electron chi connectivity index (χ2n) is 6.61. The molecule has 0 amide bonds. The van der Waals surface area contributed by atoms with Gasteiger partial charge >= 0.3 is 0 Å². The molecule has 6 heteroatoms. The van der Waals surface area contributed by atoms with Crippen molar-refractivity contribution in [2.75, 3.05) is 18.8 Å². The number of nitrogens with zero attached hydrogens (tertiary/aromatic N) is 1. The average Bonchev–Trinajstić information content (AvgIpc) is 2.47. The summed E-state index contributed by atoms with van der Waals surface area (Å²) in [4.78, 5) is 0. The molecule has 1 heterocycles. The summed E-state index contributed by atoms with van der Waals surface area (Å²) in [5.74, 6) is 0.616. The molecule has 3 rings (SSSR count). The van der Waals surface area contributed by atoms with Crippen molar-refractivity contribution in [1.29, 1.82) is 0 Å². The summed E-state index contributed by atoms with van der Waals surface area (Å²) < 4.78 is 29.8. The van der Waals surface area contributed by atoms with Crippen LogP contribution in [0.25, 0.3) is 0 Å². The third-order valence-corrected chi connectivity index (χ3v) is 6.48. The Morgan fingerprint density at radius 2 is 1.95 bits per heavy atom. The summed E-state index contributed by atoms with van der Waals surface area (Å²) in [6.07, 6.45) is 4.69. The lowest BCUT2D eigenvalue weighted by Gasteiger charge is -2.33. The second-order valence-corrected chi connectivity index (χ2v) is 8.31. The van der Waals surface area contributed by atoms with Crippen molar-refractivity contribution in [3.05, 3.63) is 29.3 Å². The van der Waals surface area contributed by atoms with E-state index in [1.165, 1.54) is 5.56 Å². The fraction of sp³-hybridized carbons (Fsp3) is 0.625. The summed E-state index contributed by atoms with van der Waals surface area (Å²) >= 11 is 0. The normalized spacial score (nSPS) is 24.1. The van der Waals surface area contributed by atoms with E-state index >= 15 is 0 Å². The van der Waals surface area contributed by atoms with Crippen LogP contribution in [-0.2, 0) is 16.6 Å². The van der Waals surface area contributed by atoms with E-state index < -0.39 is 10.2 Å². The highest BCUT2D eigenvalue weighted by atomic mass is 32.2. The molecule has 3 N–H and O–H groups in total. The SMILES string of the molecule is CC1CCN(S(=O)(=O)NC2CCCc3cc(N)ccc32)CC1. The van der Waals surface area contributed by atoms with Crippen molar-refractivity contribution >= 4 is 15.9 Å². The topological polar surface area (TPSA) is 75.4 Å². The monoisotopic (exact) mass is 323 g/mol. The maximum absolute atomic E-state index is 12.6. The van der Waals surface area contributed by atoms with Crippen LogP contribution >= 0.6 is 0 Å². The van der Waals surface area contributed by atoms with Gasteiger partial charge in [-0.05, 0) is 61.3 Å². The zero-order valence-corrected chi connectivity index (χ0v) is 13.9. The van der Waals surface area contributed by atoms with Crippen LogP contribution in [0.3, 0.4) is 0 Å². The average molecular weight is 323 g/mol. The van der Waals surface area contributed by atoms with E-state index in [1.807, 2.05) is 18.2 Å². The summed E-state index contributed by atoms with van der Waals surface area (Å²) in [5, 5.41) is 0. The molecule has 0 radical (unpaired) electrons. The third-order valence-electron chi connectivity index (χ3n) is 4.86. The number of nitrogens with two attached hydrogens (primary N) is 1. The van der Waals surface area contributed by atoms with Crippen molar-refractivity contribution in [1.82, 2.24) is 9.03 Å². The van der Waals surface area contributed by atoms with Crippen molar-refractivity contribution in [2.45, 2.75) is 45.1 Å². The summed E-state index contributed by atoms with van der Waals surface area (Å²) in [7, 11) is -3.41. The minimum Gasteiger partial charge on any atom is -0.399 e. The molecule has 0 aromatic heterocycles. The molecule has 1 unspecified atom stereocenters. The number of fused-ring (bicyclic) bond motifs is 1. The highest BCUT2D eigenvalue weighted by Crippen LogP contribution is 2.32. The molecule has 1 aliphatic heterocycles. The molecule has 0 saturated carbocycles. The first-order valence-electron chi connectivity index (χ1n) is 8.11. The smallest absolute Gasteiger partial charge is 0.280 e.